The number of sulfonamides is 1. The maximum atomic E-state index is 13.6. The Bertz CT molecular complexity index is 1490. The van der Waals surface area contributed by atoms with Gasteiger partial charge in [0.1, 0.15) is 17.7 Å². The molecule has 0 radical (unpaired) electrons. The normalized spacial score (nSPS) is 18.1. The van der Waals surface area contributed by atoms with Crippen molar-refractivity contribution in [3.05, 3.63) is 84.2 Å². The molecule has 3 aromatic rings. The Morgan fingerprint density at radius 2 is 1.76 bits per heavy atom. The number of hydrogen-bond acceptors (Lipinski definition) is 6. The summed E-state index contributed by atoms with van der Waals surface area (Å²) in [7, 11) is -2.55. The van der Waals surface area contributed by atoms with E-state index in [1.807, 2.05) is 13.0 Å². The highest BCUT2D eigenvalue weighted by Gasteiger charge is 2.35. The number of rotatable bonds is 8. The van der Waals surface area contributed by atoms with Crippen LogP contribution in [-0.4, -0.2) is 73.6 Å². The van der Waals surface area contributed by atoms with Crippen LogP contribution in [-0.2, 0) is 10.0 Å². The van der Waals surface area contributed by atoms with Crippen molar-refractivity contribution in [1.82, 2.24) is 9.21 Å². The van der Waals surface area contributed by atoms with Gasteiger partial charge in [0.2, 0.25) is 10.0 Å². The molecule has 1 aliphatic rings. The summed E-state index contributed by atoms with van der Waals surface area (Å²) in [6.07, 6.45) is -0.685. The zero-order chi connectivity index (χ0) is 29.7. The van der Waals surface area contributed by atoms with Gasteiger partial charge in [-0.1, -0.05) is 25.1 Å². The predicted molar refractivity (Wildman–Crippen MR) is 153 cm³/mol. The van der Waals surface area contributed by atoms with Crippen LogP contribution in [0.5, 0.6) is 5.75 Å². The highest BCUT2D eigenvalue weighted by atomic mass is 32.2. The summed E-state index contributed by atoms with van der Waals surface area (Å²) in [6, 6.07) is 17.0. The fourth-order valence-electron chi connectivity index (χ4n) is 4.47. The number of carbonyl (C=O) groups is 2. The van der Waals surface area contributed by atoms with Crippen LogP contribution in [0, 0.1) is 11.7 Å². The van der Waals surface area contributed by atoms with Crippen LogP contribution in [0.1, 0.15) is 24.2 Å². The van der Waals surface area contributed by atoms with E-state index >= 15 is 0 Å². The van der Waals surface area contributed by atoms with Crippen molar-refractivity contribution in [2.75, 3.05) is 37.4 Å². The number of nitrogens with one attached hydrogen (secondary N) is 2. The van der Waals surface area contributed by atoms with Crippen LogP contribution in [0.4, 0.5) is 20.6 Å². The van der Waals surface area contributed by atoms with Crippen molar-refractivity contribution >= 4 is 33.3 Å². The minimum absolute atomic E-state index is 0.0597. The van der Waals surface area contributed by atoms with Gasteiger partial charge in [-0.2, -0.15) is 4.31 Å². The third-order valence-electron chi connectivity index (χ3n) is 6.91. The van der Waals surface area contributed by atoms with E-state index in [2.05, 4.69) is 10.6 Å². The average Bonchev–Trinajstić information content (AvgIpc) is 2.95. The number of urea groups is 1. The summed E-state index contributed by atoms with van der Waals surface area (Å²) < 4.78 is 47.1. The molecule has 0 saturated heterocycles. The first kappa shape index (κ1) is 30.0. The molecule has 0 aromatic heterocycles. The SMILES string of the molecule is C[C@@H]1CN([C@@H](C)CO)C(=O)c2cc(NC(=O)Nc3ccccc3)ccc2O[C@@H]1CN(C)S(=O)(=O)c1ccc(F)cc1. The van der Waals surface area contributed by atoms with Crippen LogP contribution in [0.3, 0.4) is 0 Å². The van der Waals surface area contributed by atoms with E-state index in [4.69, 9.17) is 4.74 Å². The maximum absolute atomic E-state index is 13.6. The van der Waals surface area contributed by atoms with Gasteiger partial charge in [-0.25, -0.2) is 17.6 Å². The van der Waals surface area contributed by atoms with E-state index in [1.165, 1.54) is 30.1 Å². The lowest BCUT2D eigenvalue weighted by molar-refractivity contribution is 0.0387. The number of likely N-dealkylation sites (N-methyl/N-ethyl adjacent to an activating group) is 1. The number of aliphatic hydroxyl groups excluding tert-OH is 1. The van der Waals surface area contributed by atoms with Crippen LogP contribution in [0.2, 0.25) is 0 Å². The summed E-state index contributed by atoms with van der Waals surface area (Å²) in [5, 5.41) is 15.3. The molecule has 218 valence electrons. The van der Waals surface area contributed by atoms with Crippen molar-refractivity contribution in [3.63, 3.8) is 0 Å². The Morgan fingerprint density at radius 3 is 2.41 bits per heavy atom. The fourth-order valence-corrected chi connectivity index (χ4v) is 5.65. The lowest BCUT2D eigenvalue weighted by Gasteiger charge is -2.38. The smallest absolute Gasteiger partial charge is 0.323 e. The summed E-state index contributed by atoms with van der Waals surface area (Å²) in [5.74, 6) is -1.06. The molecule has 41 heavy (non-hydrogen) atoms. The molecule has 0 unspecified atom stereocenters. The summed E-state index contributed by atoms with van der Waals surface area (Å²) >= 11 is 0. The van der Waals surface area contributed by atoms with E-state index in [1.54, 1.807) is 43.3 Å². The van der Waals surface area contributed by atoms with Crippen molar-refractivity contribution in [2.24, 2.45) is 5.92 Å². The maximum Gasteiger partial charge on any atom is 0.323 e. The van der Waals surface area contributed by atoms with Crippen LogP contribution >= 0.6 is 0 Å². The Hall–Kier alpha value is -4.00. The van der Waals surface area contributed by atoms with Gasteiger partial charge in [-0.05, 0) is 61.5 Å². The molecule has 0 spiro atoms. The van der Waals surface area contributed by atoms with Gasteiger partial charge >= 0.3 is 6.03 Å². The number of nitrogens with zero attached hydrogens (tertiary/aromatic N) is 2. The standard InChI is InChI=1S/C29H33FN4O6S/c1-19-16-34(20(2)18-35)28(36)25-15-23(32-29(37)31-22-7-5-4-6-8-22)11-14-26(25)40-27(19)17-33(3)41(38,39)24-12-9-21(30)10-13-24/h4-15,19-20,27,35H,16-18H2,1-3H3,(H2,31,32,37)/t19-,20+,27-/m1/s1. The van der Waals surface area contributed by atoms with E-state index in [9.17, 15) is 27.5 Å². The Labute approximate surface area is 238 Å². The van der Waals surface area contributed by atoms with Crippen LogP contribution < -0.4 is 15.4 Å². The molecule has 3 atom stereocenters. The van der Waals surface area contributed by atoms with E-state index in [-0.39, 0.29) is 41.8 Å². The predicted octanol–water partition coefficient (Wildman–Crippen LogP) is 4.01. The van der Waals surface area contributed by atoms with Crippen molar-refractivity contribution < 1.29 is 32.2 Å². The monoisotopic (exact) mass is 584 g/mol. The highest BCUT2D eigenvalue weighted by Crippen LogP contribution is 2.31. The Morgan fingerprint density at radius 1 is 1.10 bits per heavy atom. The lowest BCUT2D eigenvalue weighted by atomic mass is 9.99. The minimum Gasteiger partial charge on any atom is -0.488 e. The van der Waals surface area contributed by atoms with Gasteiger partial charge in [0, 0.05) is 30.9 Å². The lowest BCUT2D eigenvalue weighted by Crippen LogP contribution is -2.50. The fraction of sp³-hybridized carbons (Fsp3) is 0.310. The van der Waals surface area contributed by atoms with Crippen molar-refractivity contribution in [3.8, 4) is 5.75 Å². The third-order valence-corrected chi connectivity index (χ3v) is 8.75. The third kappa shape index (κ3) is 7.02. The largest absolute Gasteiger partial charge is 0.488 e. The number of aliphatic hydroxyl groups is 1. The van der Waals surface area contributed by atoms with Gasteiger partial charge < -0.3 is 25.4 Å². The topological polar surface area (TPSA) is 128 Å². The van der Waals surface area contributed by atoms with E-state index in [0.29, 0.717) is 11.4 Å². The first-order valence-electron chi connectivity index (χ1n) is 13.1. The average molecular weight is 585 g/mol. The second kappa shape index (κ2) is 12.7. The molecule has 0 bridgehead atoms. The zero-order valence-electron chi connectivity index (χ0n) is 23.0. The molecule has 4 rings (SSSR count). The number of ether oxygens (including phenoxy) is 1. The van der Waals surface area contributed by atoms with E-state index in [0.717, 1.165) is 16.4 Å². The highest BCUT2D eigenvalue weighted by molar-refractivity contribution is 7.89. The molecule has 12 heteroatoms. The number of benzene rings is 3. The Balaban J connectivity index is 1.61. The molecule has 1 heterocycles. The quantitative estimate of drug-likeness (QED) is 0.367. The van der Waals surface area contributed by atoms with Crippen molar-refractivity contribution in [1.29, 1.82) is 0 Å². The number of fused-ring (bicyclic) bond motifs is 1. The first-order chi connectivity index (χ1) is 19.5. The van der Waals surface area contributed by atoms with Crippen LogP contribution in [0.25, 0.3) is 0 Å². The van der Waals surface area contributed by atoms with Gasteiger partial charge in [0.25, 0.3) is 5.91 Å². The summed E-state index contributed by atoms with van der Waals surface area (Å²) in [6.45, 7) is 3.39. The molecular formula is C29H33FN4O6S. The van der Waals surface area contributed by atoms with Crippen molar-refractivity contribution in [2.45, 2.75) is 30.9 Å². The van der Waals surface area contributed by atoms with E-state index < -0.39 is 39.9 Å². The second-order valence-electron chi connectivity index (χ2n) is 10.0. The van der Waals surface area contributed by atoms with Gasteiger partial charge in [0.05, 0.1) is 29.7 Å². The van der Waals surface area contributed by atoms with Crippen LogP contribution in [0.15, 0.2) is 77.7 Å². The summed E-state index contributed by atoms with van der Waals surface area (Å²) in [5.41, 5.74) is 1.09. The zero-order valence-corrected chi connectivity index (χ0v) is 23.8. The minimum atomic E-state index is -3.96. The Kier molecular flexibility index (Phi) is 9.26. The molecular weight excluding hydrogens is 551 g/mol. The molecule has 0 saturated carbocycles. The number of carbonyl (C=O) groups excluding carboxylic acids is 2. The first-order valence-corrected chi connectivity index (χ1v) is 14.5. The van der Waals surface area contributed by atoms with Gasteiger partial charge in [-0.15, -0.1) is 0 Å². The number of halogens is 1. The number of anilines is 2. The van der Waals surface area contributed by atoms with Gasteiger partial charge in [0.15, 0.2) is 0 Å². The molecule has 3 aromatic carbocycles. The molecule has 1 aliphatic heterocycles. The number of hydrogen-bond donors (Lipinski definition) is 3. The molecule has 3 N–H and O–H groups in total. The second-order valence-corrected chi connectivity index (χ2v) is 12.1. The molecule has 10 nitrogen and oxygen atoms in total. The molecule has 3 amide bonds. The molecule has 0 fully saturated rings. The summed E-state index contributed by atoms with van der Waals surface area (Å²) in [4.78, 5) is 27.6. The number of amides is 3. The molecule has 0 aliphatic carbocycles. The van der Waals surface area contributed by atoms with Gasteiger partial charge in [-0.3, -0.25) is 4.79 Å². The number of para-hydroxylation sites is 1.